The molecular weight excluding hydrogens is 272 g/mol. The predicted octanol–water partition coefficient (Wildman–Crippen LogP) is 3.70. The van der Waals surface area contributed by atoms with E-state index in [-0.39, 0.29) is 0 Å². The molecule has 0 bridgehead atoms. The van der Waals surface area contributed by atoms with Gasteiger partial charge in [-0.05, 0) is 13.8 Å². The number of fused-ring (bicyclic) bond motifs is 1. The topological polar surface area (TPSA) is 54.0 Å². The standard InChI is InChI=1S/C16H18O5/c1-5-20-13-10(2)14(18-3)15(21-16(17)19-4)12-9-7-6-8-11(12)13/h6-9H,5H2,1-4H3. The number of hydrogen-bond acceptors (Lipinski definition) is 5. The van der Waals surface area contributed by atoms with E-state index in [1.807, 2.05) is 38.1 Å². The highest BCUT2D eigenvalue weighted by Crippen LogP contribution is 2.45. The molecular formula is C16H18O5. The Morgan fingerprint density at radius 3 is 2.19 bits per heavy atom. The van der Waals surface area contributed by atoms with Gasteiger partial charge in [0.25, 0.3) is 0 Å². The van der Waals surface area contributed by atoms with Crippen molar-refractivity contribution < 1.29 is 23.7 Å². The Bertz CT molecular complexity index is 663. The van der Waals surface area contributed by atoms with E-state index in [1.54, 1.807) is 0 Å². The number of methoxy groups -OCH3 is 2. The zero-order valence-electron chi connectivity index (χ0n) is 12.6. The van der Waals surface area contributed by atoms with E-state index < -0.39 is 6.16 Å². The summed E-state index contributed by atoms with van der Waals surface area (Å²) in [5.41, 5.74) is 0.775. The van der Waals surface area contributed by atoms with Crippen molar-refractivity contribution in [3.8, 4) is 17.2 Å². The quantitative estimate of drug-likeness (QED) is 0.634. The van der Waals surface area contributed by atoms with E-state index in [1.165, 1.54) is 14.2 Å². The lowest BCUT2D eigenvalue weighted by atomic mass is 10.0. The van der Waals surface area contributed by atoms with Crippen molar-refractivity contribution in [1.82, 2.24) is 0 Å². The number of ether oxygens (including phenoxy) is 4. The van der Waals surface area contributed by atoms with Crippen molar-refractivity contribution in [3.05, 3.63) is 29.8 Å². The van der Waals surface area contributed by atoms with E-state index in [9.17, 15) is 4.79 Å². The van der Waals surface area contributed by atoms with Gasteiger partial charge in [0, 0.05) is 16.3 Å². The summed E-state index contributed by atoms with van der Waals surface area (Å²) >= 11 is 0. The van der Waals surface area contributed by atoms with E-state index in [2.05, 4.69) is 4.74 Å². The molecule has 0 aliphatic carbocycles. The van der Waals surface area contributed by atoms with Crippen LogP contribution in [0.3, 0.4) is 0 Å². The van der Waals surface area contributed by atoms with Crippen LogP contribution in [0.15, 0.2) is 24.3 Å². The Labute approximate surface area is 123 Å². The predicted molar refractivity (Wildman–Crippen MR) is 79.4 cm³/mol. The fourth-order valence-electron chi connectivity index (χ4n) is 2.28. The Hall–Kier alpha value is -2.43. The van der Waals surface area contributed by atoms with Crippen LogP contribution in [0.1, 0.15) is 12.5 Å². The molecule has 5 nitrogen and oxygen atoms in total. The summed E-state index contributed by atoms with van der Waals surface area (Å²) in [7, 11) is 2.79. The van der Waals surface area contributed by atoms with Gasteiger partial charge in [0.05, 0.1) is 20.8 Å². The maximum atomic E-state index is 11.5. The lowest BCUT2D eigenvalue weighted by molar-refractivity contribution is 0.120. The molecule has 0 aliphatic rings. The second-order valence-electron chi connectivity index (χ2n) is 4.35. The maximum absolute atomic E-state index is 11.5. The average Bonchev–Trinajstić information content (AvgIpc) is 2.51. The zero-order chi connectivity index (χ0) is 15.4. The van der Waals surface area contributed by atoms with Crippen LogP contribution in [0.2, 0.25) is 0 Å². The van der Waals surface area contributed by atoms with Crippen LogP contribution in [-0.4, -0.2) is 27.0 Å². The maximum Gasteiger partial charge on any atom is 0.513 e. The summed E-state index contributed by atoms with van der Waals surface area (Å²) in [6, 6.07) is 7.52. The first-order chi connectivity index (χ1) is 10.1. The summed E-state index contributed by atoms with van der Waals surface area (Å²) in [6.45, 7) is 4.31. The Kier molecular flexibility index (Phi) is 4.52. The molecule has 112 valence electrons. The molecule has 0 heterocycles. The van der Waals surface area contributed by atoms with Crippen molar-refractivity contribution >= 4 is 16.9 Å². The zero-order valence-corrected chi connectivity index (χ0v) is 12.6. The van der Waals surface area contributed by atoms with Crippen molar-refractivity contribution in [2.24, 2.45) is 0 Å². The Morgan fingerprint density at radius 1 is 1.05 bits per heavy atom. The van der Waals surface area contributed by atoms with Crippen molar-refractivity contribution in [2.75, 3.05) is 20.8 Å². The molecule has 5 heteroatoms. The van der Waals surface area contributed by atoms with Crippen molar-refractivity contribution in [2.45, 2.75) is 13.8 Å². The van der Waals surface area contributed by atoms with Gasteiger partial charge in [0.2, 0.25) is 0 Å². The number of hydrogen-bond donors (Lipinski definition) is 0. The molecule has 0 N–H and O–H groups in total. The monoisotopic (exact) mass is 290 g/mol. The first kappa shape index (κ1) is 15.0. The van der Waals surface area contributed by atoms with Crippen LogP contribution in [-0.2, 0) is 4.74 Å². The molecule has 0 aliphatic heterocycles. The fraction of sp³-hybridized carbons (Fsp3) is 0.312. The molecule has 2 aromatic rings. The molecule has 0 saturated heterocycles. The number of rotatable bonds is 4. The fourth-order valence-corrected chi connectivity index (χ4v) is 2.28. The summed E-state index contributed by atoms with van der Waals surface area (Å²) in [5.74, 6) is 1.52. The van der Waals surface area contributed by atoms with Gasteiger partial charge in [0.1, 0.15) is 5.75 Å². The van der Waals surface area contributed by atoms with Gasteiger partial charge in [-0.15, -0.1) is 0 Å². The van der Waals surface area contributed by atoms with Crippen LogP contribution < -0.4 is 14.2 Å². The third-order valence-corrected chi connectivity index (χ3v) is 3.15. The normalized spacial score (nSPS) is 10.3. The van der Waals surface area contributed by atoms with Gasteiger partial charge in [-0.2, -0.15) is 0 Å². The Balaban J connectivity index is 2.76. The SMILES string of the molecule is CCOc1c(C)c(OC)c(OC(=O)OC)c2ccccc12. The van der Waals surface area contributed by atoms with E-state index in [0.717, 1.165) is 22.1 Å². The molecule has 0 amide bonds. The third kappa shape index (κ3) is 2.72. The minimum Gasteiger partial charge on any atom is -0.493 e. The molecule has 0 aromatic heterocycles. The minimum absolute atomic E-state index is 0.334. The molecule has 0 radical (unpaired) electrons. The molecule has 0 unspecified atom stereocenters. The van der Waals surface area contributed by atoms with Crippen LogP contribution in [0.4, 0.5) is 4.79 Å². The van der Waals surface area contributed by atoms with E-state index >= 15 is 0 Å². The van der Waals surface area contributed by atoms with Gasteiger partial charge >= 0.3 is 6.16 Å². The summed E-state index contributed by atoms with van der Waals surface area (Å²) in [6.07, 6.45) is -0.790. The molecule has 2 aromatic carbocycles. The van der Waals surface area contributed by atoms with Gasteiger partial charge in [0.15, 0.2) is 11.5 Å². The first-order valence-corrected chi connectivity index (χ1v) is 6.61. The van der Waals surface area contributed by atoms with Gasteiger partial charge in [-0.3, -0.25) is 0 Å². The summed E-state index contributed by atoms with van der Waals surface area (Å²) < 4.78 is 21.0. The van der Waals surface area contributed by atoms with Crippen LogP contribution in [0.25, 0.3) is 10.8 Å². The van der Waals surface area contributed by atoms with Gasteiger partial charge < -0.3 is 18.9 Å². The number of carbonyl (C=O) groups is 1. The number of benzene rings is 2. The highest BCUT2D eigenvalue weighted by atomic mass is 16.7. The summed E-state index contributed by atoms with van der Waals surface area (Å²) in [4.78, 5) is 11.5. The average molecular weight is 290 g/mol. The smallest absolute Gasteiger partial charge is 0.493 e. The van der Waals surface area contributed by atoms with Crippen molar-refractivity contribution in [1.29, 1.82) is 0 Å². The van der Waals surface area contributed by atoms with E-state index in [0.29, 0.717) is 18.1 Å². The lowest BCUT2D eigenvalue weighted by Gasteiger charge is -2.18. The van der Waals surface area contributed by atoms with Crippen LogP contribution >= 0.6 is 0 Å². The van der Waals surface area contributed by atoms with Gasteiger partial charge in [-0.25, -0.2) is 4.79 Å². The first-order valence-electron chi connectivity index (χ1n) is 6.61. The largest absolute Gasteiger partial charge is 0.513 e. The molecule has 0 fully saturated rings. The highest BCUT2D eigenvalue weighted by molar-refractivity contribution is 5.98. The van der Waals surface area contributed by atoms with Crippen LogP contribution in [0.5, 0.6) is 17.2 Å². The highest BCUT2D eigenvalue weighted by Gasteiger charge is 2.21. The van der Waals surface area contributed by atoms with Gasteiger partial charge in [-0.1, -0.05) is 24.3 Å². The third-order valence-electron chi connectivity index (χ3n) is 3.15. The second kappa shape index (κ2) is 6.35. The minimum atomic E-state index is -0.790. The summed E-state index contributed by atoms with van der Waals surface area (Å²) in [5, 5.41) is 1.59. The molecule has 21 heavy (non-hydrogen) atoms. The molecule has 2 rings (SSSR count). The molecule has 0 saturated carbocycles. The lowest BCUT2D eigenvalue weighted by Crippen LogP contribution is -2.10. The number of carbonyl (C=O) groups excluding carboxylic acids is 1. The van der Waals surface area contributed by atoms with Crippen LogP contribution in [0, 0.1) is 6.92 Å². The van der Waals surface area contributed by atoms with Crippen molar-refractivity contribution in [3.63, 3.8) is 0 Å². The van der Waals surface area contributed by atoms with E-state index in [4.69, 9.17) is 14.2 Å². The molecule has 0 atom stereocenters. The molecule has 0 spiro atoms. The second-order valence-corrected chi connectivity index (χ2v) is 4.35. The Morgan fingerprint density at radius 2 is 1.67 bits per heavy atom.